The first kappa shape index (κ1) is 11.5. The Kier molecular flexibility index (Phi) is 4.90. The molecule has 14 heavy (non-hydrogen) atoms. The highest BCUT2D eigenvalue weighted by Crippen LogP contribution is 2.10. The van der Waals surface area contributed by atoms with Crippen LogP contribution in [0.1, 0.15) is 32.6 Å². The van der Waals surface area contributed by atoms with E-state index in [-0.39, 0.29) is 18.1 Å². The van der Waals surface area contributed by atoms with E-state index < -0.39 is 0 Å². The highest BCUT2D eigenvalue weighted by Gasteiger charge is 2.20. The third-order valence-electron chi connectivity index (χ3n) is 2.27. The summed E-state index contributed by atoms with van der Waals surface area (Å²) in [7, 11) is 0. The monoisotopic (exact) mass is 201 g/mol. The molecule has 1 rings (SSSR count). The van der Waals surface area contributed by atoms with Gasteiger partial charge in [-0.15, -0.1) is 0 Å². The second-order valence-electron chi connectivity index (χ2n) is 3.73. The average molecular weight is 201 g/mol. The first-order valence-corrected chi connectivity index (χ1v) is 5.25. The Morgan fingerprint density at radius 1 is 1.71 bits per heavy atom. The average Bonchev–Trinajstić information content (AvgIpc) is 2.56. The van der Waals surface area contributed by atoms with E-state index in [1.54, 1.807) is 0 Å². The van der Waals surface area contributed by atoms with Crippen LogP contribution < -0.4 is 5.73 Å². The number of nitrogens with two attached hydrogens (primary N) is 1. The SMILES string of the molecule is CCCC(N)CC(=O)OC1CCOC1. The lowest BCUT2D eigenvalue weighted by atomic mass is 10.1. The highest BCUT2D eigenvalue weighted by atomic mass is 16.6. The number of carbonyl (C=O) groups excluding carboxylic acids is 1. The molecule has 4 nitrogen and oxygen atoms in total. The van der Waals surface area contributed by atoms with Crippen LogP contribution >= 0.6 is 0 Å². The molecule has 0 aromatic heterocycles. The fraction of sp³-hybridized carbons (Fsp3) is 0.900. The number of esters is 1. The zero-order valence-corrected chi connectivity index (χ0v) is 8.70. The molecule has 1 saturated heterocycles. The van der Waals surface area contributed by atoms with Crippen molar-refractivity contribution in [1.29, 1.82) is 0 Å². The molecule has 2 unspecified atom stereocenters. The predicted octanol–water partition coefficient (Wildman–Crippen LogP) is 0.836. The molecule has 82 valence electrons. The Hall–Kier alpha value is -0.610. The number of ether oxygens (including phenoxy) is 2. The summed E-state index contributed by atoms with van der Waals surface area (Å²) in [6.45, 7) is 3.28. The standard InChI is InChI=1S/C10H19NO3/c1-2-3-8(11)6-10(12)14-9-4-5-13-7-9/h8-9H,2-7,11H2,1H3. The Morgan fingerprint density at radius 2 is 2.50 bits per heavy atom. The van der Waals surface area contributed by atoms with Gasteiger partial charge in [0.2, 0.25) is 0 Å². The van der Waals surface area contributed by atoms with Crippen LogP contribution in [-0.4, -0.2) is 31.3 Å². The molecule has 2 N–H and O–H groups in total. The Bertz CT molecular complexity index is 178. The molecule has 0 spiro atoms. The second kappa shape index (κ2) is 5.98. The van der Waals surface area contributed by atoms with Crippen LogP contribution in [0.2, 0.25) is 0 Å². The van der Waals surface area contributed by atoms with E-state index in [2.05, 4.69) is 6.92 Å². The van der Waals surface area contributed by atoms with Crippen molar-refractivity contribution in [1.82, 2.24) is 0 Å². The minimum Gasteiger partial charge on any atom is -0.460 e. The lowest BCUT2D eigenvalue weighted by Gasteiger charge is -2.13. The molecule has 0 aromatic carbocycles. The van der Waals surface area contributed by atoms with E-state index in [9.17, 15) is 4.79 Å². The molecule has 1 fully saturated rings. The van der Waals surface area contributed by atoms with Gasteiger partial charge in [-0.05, 0) is 6.42 Å². The Balaban J connectivity index is 2.14. The third kappa shape index (κ3) is 4.07. The van der Waals surface area contributed by atoms with E-state index in [1.807, 2.05) is 0 Å². The van der Waals surface area contributed by atoms with E-state index >= 15 is 0 Å². The van der Waals surface area contributed by atoms with E-state index in [1.165, 1.54) is 0 Å². The summed E-state index contributed by atoms with van der Waals surface area (Å²) in [5.41, 5.74) is 5.73. The molecule has 0 saturated carbocycles. The Morgan fingerprint density at radius 3 is 3.07 bits per heavy atom. The second-order valence-corrected chi connectivity index (χ2v) is 3.73. The summed E-state index contributed by atoms with van der Waals surface area (Å²) in [4.78, 5) is 11.3. The van der Waals surface area contributed by atoms with Crippen molar-refractivity contribution in [3.63, 3.8) is 0 Å². The van der Waals surface area contributed by atoms with Crippen LogP contribution in [0.5, 0.6) is 0 Å². The third-order valence-corrected chi connectivity index (χ3v) is 2.27. The number of carbonyl (C=O) groups is 1. The van der Waals surface area contributed by atoms with Crippen LogP contribution in [-0.2, 0) is 14.3 Å². The van der Waals surface area contributed by atoms with Crippen molar-refractivity contribution in [2.75, 3.05) is 13.2 Å². The highest BCUT2D eigenvalue weighted by molar-refractivity contribution is 5.70. The summed E-state index contributed by atoms with van der Waals surface area (Å²) in [6.07, 6.45) is 2.97. The molecular formula is C10H19NO3. The fourth-order valence-corrected chi connectivity index (χ4v) is 1.53. The topological polar surface area (TPSA) is 61.6 Å². The molecule has 0 amide bonds. The fourth-order valence-electron chi connectivity index (χ4n) is 1.53. The van der Waals surface area contributed by atoms with Gasteiger partial charge in [-0.25, -0.2) is 0 Å². The van der Waals surface area contributed by atoms with Gasteiger partial charge in [-0.3, -0.25) is 4.79 Å². The van der Waals surface area contributed by atoms with Gasteiger partial charge in [0.1, 0.15) is 6.10 Å². The predicted molar refractivity (Wildman–Crippen MR) is 52.8 cm³/mol. The van der Waals surface area contributed by atoms with Gasteiger partial charge >= 0.3 is 5.97 Å². The summed E-state index contributed by atoms with van der Waals surface area (Å²) >= 11 is 0. The lowest BCUT2D eigenvalue weighted by molar-refractivity contribution is -0.149. The zero-order chi connectivity index (χ0) is 10.4. The van der Waals surface area contributed by atoms with Crippen molar-refractivity contribution >= 4 is 5.97 Å². The van der Waals surface area contributed by atoms with Crippen molar-refractivity contribution in [3.8, 4) is 0 Å². The van der Waals surface area contributed by atoms with Crippen LogP contribution in [0.25, 0.3) is 0 Å². The van der Waals surface area contributed by atoms with E-state index in [4.69, 9.17) is 15.2 Å². The van der Waals surface area contributed by atoms with Crippen LogP contribution in [0.15, 0.2) is 0 Å². The van der Waals surface area contributed by atoms with Gasteiger partial charge in [0.05, 0.1) is 19.6 Å². The molecule has 1 aliphatic heterocycles. The van der Waals surface area contributed by atoms with E-state index in [0.29, 0.717) is 19.6 Å². The van der Waals surface area contributed by atoms with Crippen LogP contribution in [0, 0.1) is 0 Å². The molecule has 1 aliphatic rings. The molecule has 0 aliphatic carbocycles. The Labute approximate surface area is 84.7 Å². The lowest BCUT2D eigenvalue weighted by Crippen LogP contribution is -2.27. The number of hydrogen-bond acceptors (Lipinski definition) is 4. The smallest absolute Gasteiger partial charge is 0.307 e. The van der Waals surface area contributed by atoms with Crippen molar-refractivity contribution in [2.45, 2.75) is 44.8 Å². The minimum atomic E-state index is -0.193. The summed E-state index contributed by atoms with van der Waals surface area (Å²) in [5.74, 6) is -0.193. The van der Waals surface area contributed by atoms with Gasteiger partial charge in [0.25, 0.3) is 0 Å². The quantitative estimate of drug-likeness (QED) is 0.669. The van der Waals surface area contributed by atoms with Crippen molar-refractivity contribution < 1.29 is 14.3 Å². The normalized spacial score (nSPS) is 23.4. The van der Waals surface area contributed by atoms with Crippen LogP contribution in [0.4, 0.5) is 0 Å². The van der Waals surface area contributed by atoms with Gasteiger partial charge in [-0.1, -0.05) is 13.3 Å². The summed E-state index contributed by atoms with van der Waals surface area (Å²) in [5, 5.41) is 0. The zero-order valence-electron chi connectivity index (χ0n) is 8.70. The molecule has 4 heteroatoms. The molecule has 2 atom stereocenters. The molecule has 0 aromatic rings. The first-order chi connectivity index (χ1) is 6.72. The van der Waals surface area contributed by atoms with Crippen LogP contribution in [0.3, 0.4) is 0 Å². The van der Waals surface area contributed by atoms with E-state index in [0.717, 1.165) is 19.3 Å². The summed E-state index contributed by atoms with van der Waals surface area (Å²) < 4.78 is 10.3. The molecule has 0 radical (unpaired) electrons. The largest absolute Gasteiger partial charge is 0.460 e. The number of hydrogen-bond donors (Lipinski definition) is 1. The van der Waals surface area contributed by atoms with Crippen molar-refractivity contribution in [2.24, 2.45) is 5.73 Å². The van der Waals surface area contributed by atoms with Gasteiger partial charge in [0, 0.05) is 12.5 Å². The first-order valence-electron chi connectivity index (χ1n) is 5.25. The molecular weight excluding hydrogens is 182 g/mol. The minimum absolute atomic E-state index is 0.0451. The number of rotatable bonds is 5. The maximum absolute atomic E-state index is 11.3. The molecule has 0 bridgehead atoms. The summed E-state index contributed by atoms with van der Waals surface area (Å²) in [6, 6.07) is -0.0604. The van der Waals surface area contributed by atoms with Crippen molar-refractivity contribution in [3.05, 3.63) is 0 Å². The van der Waals surface area contributed by atoms with Gasteiger partial charge in [-0.2, -0.15) is 0 Å². The maximum atomic E-state index is 11.3. The van der Waals surface area contributed by atoms with Gasteiger partial charge in [0.15, 0.2) is 0 Å². The maximum Gasteiger partial charge on any atom is 0.307 e. The van der Waals surface area contributed by atoms with Gasteiger partial charge < -0.3 is 15.2 Å². The molecule has 1 heterocycles.